The first-order valence-electron chi connectivity index (χ1n) is 12.4. The molecule has 0 amide bonds. The van der Waals surface area contributed by atoms with Gasteiger partial charge < -0.3 is 20.4 Å². The van der Waals surface area contributed by atoms with Crippen LogP contribution in [0.1, 0.15) is 42.4 Å². The molecule has 0 fully saturated rings. The van der Waals surface area contributed by atoms with Crippen molar-refractivity contribution in [3.8, 4) is 5.88 Å². The third-order valence-electron chi connectivity index (χ3n) is 5.96. The van der Waals surface area contributed by atoms with Crippen molar-refractivity contribution in [1.82, 2.24) is 30.0 Å². The predicted molar refractivity (Wildman–Crippen MR) is 151 cm³/mol. The van der Waals surface area contributed by atoms with Gasteiger partial charge in [0.15, 0.2) is 5.82 Å². The number of anilines is 2. The van der Waals surface area contributed by atoms with E-state index in [9.17, 15) is 0 Å². The molecule has 4 aromatic heterocycles. The molecule has 4 rings (SSSR count). The van der Waals surface area contributed by atoms with Crippen molar-refractivity contribution in [1.29, 1.82) is 5.41 Å². The van der Waals surface area contributed by atoms with Gasteiger partial charge in [-0.05, 0) is 61.5 Å². The van der Waals surface area contributed by atoms with Gasteiger partial charge in [-0.1, -0.05) is 13.8 Å². The fraction of sp³-hybridized carbons (Fsp3) is 0.321. The first-order chi connectivity index (χ1) is 18.3. The molecule has 1 atom stereocenters. The topological polar surface area (TPSA) is 125 Å². The summed E-state index contributed by atoms with van der Waals surface area (Å²) in [5, 5.41) is 20.5. The van der Waals surface area contributed by atoms with E-state index < -0.39 is 5.92 Å². The Balaban J connectivity index is 1.59. The summed E-state index contributed by atoms with van der Waals surface area (Å²) in [6.07, 6.45) is 6.94. The highest BCUT2D eigenvalue weighted by molar-refractivity contribution is 6.12. The Labute approximate surface area is 222 Å². The van der Waals surface area contributed by atoms with Crippen molar-refractivity contribution in [2.45, 2.75) is 25.7 Å². The number of aromatic nitrogens is 5. The molecule has 196 valence electrons. The lowest BCUT2D eigenvalue weighted by atomic mass is 9.92. The Hall–Kier alpha value is -4.31. The van der Waals surface area contributed by atoms with E-state index in [1.54, 1.807) is 44.0 Å². The van der Waals surface area contributed by atoms with Crippen LogP contribution in [0.3, 0.4) is 0 Å². The van der Waals surface area contributed by atoms with Gasteiger partial charge in [-0.3, -0.25) is 9.98 Å². The van der Waals surface area contributed by atoms with E-state index >= 15 is 0 Å². The Bertz CT molecular complexity index is 1440. The molecule has 1 unspecified atom stereocenters. The zero-order valence-electron chi connectivity index (χ0n) is 22.4. The van der Waals surface area contributed by atoms with Crippen molar-refractivity contribution in [2.24, 2.45) is 4.99 Å². The van der Waals surface area contributed by atoms with E-state index in [0.717, 1.165) is 23.2 Å². The maximum Gasteiger partial charge on any atom is 0.213 e. The van der Waals surface area contributed by atoms with Gasteiger partial charge >= 0.3 is 0 Å². The number of hydrogen-bond donors (Lipinski definition) is 2. The maximum atomic E-state index is 8.96. The quantitative estimate of drug-likeness (QED) is 0.283. The summed E-state index contributed by atoms with van der Waals surface area (Å²) in [4.78, 5) is 19.9. The third-order valence-corrected chi connectivity index (χ3v) is 5.96. The molecule has 2 N–H and O–H groups in total. The second-order valence-corrected chi connectivity index (χ2v) is 9.49. The lowest BCUT2D eigenvalue weighted by Gasteiger charge is -2.16. The number of nitrogens with one attached hydrogen (secondary N) is 2. The monoisotopic (exact) mass is 511 g/mol. The molecular weight excluding hydrogens is 478 g/mol. The van der Waals surface area contributed by atoms with Gasteiger partial charge in [0.05, 0.1) is 28.9 Å². The summed E-state index contributed by atoms with van der Waals surface area (Å²) in [5.74, 6) is 1.68. The summed E-state index contributed by atoms with van der Waals surface area (Å²) in [6.45, 7) is 5.51. The zero-order chi connectivity index (χ0) is 27.1. The van der Waals surface area contributed by atoms with Gasteiger partial charge in [-0.15, -0.1) is 5.10 Å². The van der Waals surface area contributed by atoms with Gasteiger partial charge in [-0.25, -0.2) is 9.97 Å². The smallest absolute Gasteiger partial charge is 0.213 e. The minimum Gasteiger partial charge on any atom is -0.476 e. The van der Waals surface area contributed by atoms with E-state index in [1.807, 2.05) is 43.3 Å². The van der Waals surface area contributed by atoms with Crippen LogP contribution >= 0.6 is 0 Å². The molecule has 0 aliphatic carbocycles. The highest BCUT2D eigenvalue weighted by Crippen LogP contribution is 2.25. The number of nitrogens with zero attached hydrogens (tertiary/aromatic N) is 7. The van der Waals surface area contributed by atoms with Crippen LogP contribution in [0.15, 0.2) is 60.0 Å². The van der Waals surface area contributed by atoms with Gasteiger partial charge in [0, 0.05) is 43.8 Å². The van der Waals surface area contributed by atoms with Crippen molar-refractivity contribution >= 4 is 34.6 Å². The Morgan fingerprint density at radius 3 is 2.66 bits per heavy atom. The molecule has 0 aromatic carbocycles. The fourth-order valence-electron chi connectivity index (χ4n) is 3.80. The normalized spacial score (nSPS) is 12.4. The standard InChI is InChI=1S/C28H33N9O/c1-18(2)20-13-26(36-33-16-20)35-25-7-6-23-24(34-25)12-21(15-32-23)22(17-30-3)28(29)19-8-9-31-27(14-19)38-11-10-37(4)5/h6-9,12-18,22,29H,10-11H2,1-5H3,(H,34,35,36). The van der Waals surface area contributed by atoms with Crippen LogP contribution in [0.5, 0.6) is 5.88 Å². The summed E-state index contributed by atoms with van der Waals surface area (Å²) in [5.41, 5.74) is 4.43. The number of pyridine rings is 3. The van der Waals surface area contributed by atoms with Gasteiger partial charge in [0.2, 0.25) is 5.88 Å². The van der Waals surface area contributed by atoms with Crippen LogP contribution in [-0.2, 0) is 0 Å². The number of ether oxygens (including phenoxy) is 1. The molecule has 0 saturated heterocycles. The highest BCUT2D eigenvalue weighted by atomic mass is 16.5. The average molecular weight is 512 g/mol. The minimum atomic E-state index is -0.416. The van der Waals surface area contributed by atoms with E-state index in [-0.39, 0.29) is 0 Å². The molecule has 0 aliphatic rings. The maximum absolute atomic E-state index is 8.96. The van der Waals surface area contributed by atoms with Gasteiger partial charge in [0.25, 0.3) is 0 Å². The highest BCUT2D eigenvalue weighted by Gasteiger charge is 2.19. The number of fused-ring (bicyclic) bond motifs is 1. The predicted octanol–water partition coefficient (Wildman–Crippen LogP) is 4.47. The summed E-state index contributed by atoms with van der Waals surface area (Å²) >= 11 is 0. The van der Waals surface area contributed by atoms with Crippen molar-refractivity contribution in [3.63, 3.8) is 0 Å². The van der Waals surface area contributed by atoms with Crippen molar-refractivity contribution in [2.75, 3.05) is 39.6 Å². The fourth-order valence-corrected chi connectivity index (χ4v) is 3.80. The van der Waals surface area contributed by atoms with Crippen LogP contribution in [-0.4, -0.2) is 76.3 Å². The molecule has 0 bridgehead atoms. The lowest BCUT2D eigenvalue weighted by Crippen LogP contribution is -2.20. The van der Waals surface area contributed by atoms with E-state index in [2.05, 4.69) is 44.3 Å². The summed E-state index contributed by atoms with van der Waals surface area (Å²) < 4.78 is 5.77. The molecule has 38 heavy (non-hydrogen) atoms. The first-order valence-corrected chi connectivity index (χ1v) is 12.4. The van der Waals surface area contributed by atoms with Crippen LogP contribution in [0.2, 0.25) is 0 Å². The van der Waals surface area contributed by atoms with Crippen molar-refractivity contribution < 1.29 is 4.74 Å². The van der Waals surface area contributed by atoms with Crippen LogP contribution in [0.25, 0.3) is 11.0 Å². The molecule has 10 nitrogen and oxygen atoms in total. The number of aliphatic imine (C=N–C) groups is 1. The second kappa shape index (κ2) is 12.3. The second-order valence-electron chi connectivity index (χ2n) is 9.49. The molecule has 0 saturated carbocycles. The molecular formula is C28H33N9O. The van der Waals surface area contributed by atoms with E-state index in [4.69, 9.17) is 15.1 Å². The van der Waals surface area contributed by atoms with Crippen LogP contribution in [0, 0.1) is 5.41 Å². The Kier molecular flexibility index (Phi) is 8.65. The SMILES string of the molecule is CN=CC(C(=N)c1ccnc(OCCN(C)C)c1)c1cnc2ccc(Nc3cc(C(C)C)cnn3)nc2c1. The van der Waals surface area contributed by atoms with Crippen LogP contribution in [0.4, 0.5) is 11.6 Å². The molecule has 4 aromatic rings. The summed E-state index contributed by atoms with van der Waals surface area (Å²) in [6, 6.07) is 11.3. The van der Waals surface area contributed by atoms with Crippen LogP contribution < -0.4 is 10.1 Å². The van der Waals surface area contributed by atoms with Gasteiger partial charge in [-0.2, -0.15) is 5.10 Å². The number of likely N-dealkylation sites (N-methyl/N-ethyl adjacent to an activating group) is 1. The number of rotatable bonds is 11. The minimum absolute atomic E-state index is 0.343. The summed E-state index contributed by atoms with van der Waals surface area (Å²) in [7, 11) is 5.67. The average Bonchev–Trinajstić information content (AvgIpc) is 2.91. The van der Waals surface area contributed by atoms with Crippen molar-refractivity contribution in [3.05, 3.63) is 71.7 Å². The Morgan fingerprint density at radius 2 is 1.89 bits per heavy atom. The number of hydrogen-bond acceptors (Lipinski definition) is 10. The van der Waals surface area contributed by atoms with E-state index in [0.29, 0.717) is 46.8 Å². The molecule has 0 aliphatic heterocycles. The third kappa shape index (κ3) is 6.71. The molecule has 4 heterocycles. The Morgan fingerprint density at radius 1 is 1.05 bits per heavy atom. The lowest BCUT2D eigenvalue weighted by molar-refractivity contribution is 0.254. The largest absolute Gasteiger partial charge is 0.476 e. The first kappa shape index (κ1) is 26.7. The van der Waals surface area contributed by atoms with E-state index in [1.165, 1.54) is 0 Å². The molecule has 0 radical (unpaired) electrons. The molecule has 0 spiro atoms. The molecule has 10 heteroatoms. The zero-order valence-corrected chi connectivity index (χ0v) is 22.4. The van der Waals surface area contributed by atoms with Gasteiger partial charge in [0.1, 0.15) is 12.4 Å².